The zero-order valence-corrected chi connectivity index (χ0v) is 11.4. The number of rotatable bonds is 4. The molecule has 5 nitrogen and oxygen atoms in total. The summed E-state index contributed by atoms with van der Waals surface area (Å²) in [5.41, 5.74) is 5.65. The molecular formula is C13H25N3O2. The molecule has 1 heterocycles. The molecule has 2 unspecified atom stereocenters. The summed E-state index contributed by atoms with van der Waals surface area (Å²) in [6, 6.07) is 0.255. The van der Waals surface area contributed by atoms with E-state index in [2.05, 4.69) is 12.1 Å². The Morgan fingerprint density at radius 3 is 2.83 bits per heavy atom. The quantitative estimate of drug-likeness (QED) is 0.349. The van der Waals surface area contributed by atoms with Crippen LogP contribution < -0.4 is 5.73 Å². The van der Waals surface area contributed by atoms with E-state index in [1.54, 1.807) is 0 Å². The van der Waals surface area contributed by atoms with E-state index in [9.17, 15) is 4.79 Å². The maximum absolute atomic E-state index is 12.5. The van der Waals surface area contributed by atoms with E-state index >= 15 is 0 Å². The van der Waals surface area contributed by atoms with Gasteiger partial charge in [-0.1, -0.05) is 31.3 Å². The third kappa shape index (κ3) is 3.62. The lowest BCUT2D eigenvalue weighted by molar-refractivity contribution is -0.135. The Kier molecular flexibility index (Phi) is 5.95. The lowest BCUT2D eigenvalue weighted by atomic mass is 9.99. The Morgan fingerprint density at radius 2 is 2.22 bits per heavy atom. The Labute approximate surface area is 109 Å². The molecule has 5 heteroatoms. The number of hydrogen-bond donors (Lipinski definition) is 2. The van der Waals surface area contributed by atoms with Crippen molar-refractivity contribution in [2.75, 3.05) is 6.54 Å². The van der Waals surface area contributed by atoms with E-state index in [0.29, 0.717) is 6.42 Å². The van der Waals surface area contributed by atoms with Crippen LogP contribution in [-0.4, -0.2) is 34.4 Å². The molecule has 0 bridgehead atoms. The van der Waals surface area contributed by atoms with Gasteiger partial charge in [0.25, 0.3) is 0 Å². The molecule has 1 aliphatic rings. The van der Waals surface area contributed by atoms with E-state index in [4.69, 9.17) is 10.9 Å². The topological polar surface area (TPSA) is 78.9 Å². The number of nitrogens with two attached hydrogens (primary N) is 1. The molecule has 0 aliphatic carbocycles. The molecule has 1 aliphatic heterocycles. The molecule has 3 N–H and O–H groups in total. The number of likely N-dealkylation sites (tertiary alicyclic amines) is 1. The highest BCUT2D eigenvalue weighted by Crippen LogP contribution is 2.20. The Bertz CT molecular complexity index is 305. The number of amidine groups is 1. The Hall–Kier alpha value is -1.26. The predicted molar refractivity (Wildman–Crippen MR) is 71.4 cm³/mol. The number of carbonyl (C=O) groups excluding carboxylic acids is 1. The maximum Gasteiger partial charge on any atom is 0.233 e. The molecule has 0 saturated carbocycles. The molecule has 0 aromatic heterocycles. The summed E-state index contributed by atoms with van der Waals surface area (Å²) in [6.45, 7) is 4.87. The van der Waals surface area contributed by atoms with Gasteiger partial charge in [0.05, 0.1) is 5.92 Å². The number of hydrogen-bond acceptors (Lipinski definition) is 3. The van der Waals surface area contributed by atoms with Gasteiger partial charge in [0.2, 0.25) is 5.91 Å². The second-order valence-corrected chi connectivity index (χ2v) is 5.10. The fourth-order valence-corrected chi connectivity index (χ4v) is 2.56. The van der Waals surface area contributed by atoms with Gasteiger partial charge in [0.1, 0.15) is 0 Å². The highest BCUT2D eigenvalue weighted by atomic mass is 16.4. The van der Waals surface area contributed by atoms with Crippen molar-refractivity contribution in [2.24, 2.45) is 16.8 Å². The fourth-order valence-electron chi connectivity index (χ4n) is 2.56. The van der Waals surface area contributed by atoms with Gasteiger partial charge in [0, 0.05) is 12.6 Å². The molecule has 104 valence electrons. The third-order valence-electron chi connectivity index (χ3n) is 3.68. The first-order chi connectivity index (χ1) is 8.61. The van der Waals surface area contributed by atoms with E-state index < -0.39 is 5.92 Å². The van der Waals surface area contributed by atoms with Crippen LogP contribution in [-0.2, 0) is 4.79 Å². The first-order valence-corrected chi connectivity index (χ1v) is 6.89. The summed E-state index contributed by atoms with van der Waals surface area (Å²) in [4.78, 5) is 14.4. The van der Waals surface area contributed by atoms with Gasteiger partial charge in [0.15, 0.2) is 5.84 Å². The smallest absolute Gasteiger partial charge is 0.233 e. The molecule has 18 heavy (non-hydrogen) atoms. The second kappa shape index (κ2) is 7.24. The Balaban J connectivity index is 2.80. The summed E-state index contributed by atoms with van der Waals surface area (Å²) >= 11 is 0. The molecule has 1 fully saturated rings. The van der Waals surface area contributed by atoms with Crippen molar-refractivity contribution in [1.82, 2.24) is 4.90 Å². The number of oxime groups is 1. The van der Waals surface area contributed by atoms with Crippen molar-refractivity contribution in [2.45, 2.75) is 58.4 Å². The van der Waals surface area contributed by atoms with Crippen molar-refractivity contribution in [3.05, 3.63) is 0 Å². The first kappa shape index (κ1) is 14.8. The molecule has 0 aromatic rings. The van der Waals surface area contributed by atoms with Gasteiger partial charge >= 0.3 is 0 Å². The monoisotopic (exact) mass is 255 g/mol. The van der Waals surface area contributed by atoms with Crippen LogP contribution in [0.15, 0.2) is 5.16 Å². The molecule has 2 atom stereocenters. The van der Waals surface area contributed by atoms with Gasteiger partial charge in [-0.2, -0.15) is 0 Å². The van der Waals surface area contributed by atoms with E-state index in [1.165, 1.54) is 12.8 Å². The average Bonchev–Trinajstić information content (AvgIpc) is 2.59. The standard InChI is InChI=1S/C13H25N3O2/c1-3-7-11(12(14)15-18)13(17)16-9-6-4-5-8-10(16)2/h10-11,18H,3-9H2,1-2H3,(H2,14,15). The number of nitrogens with zero attached hydrogens (tertiary/aromatic N) is 2. The molecule has 1 rings (SSSR count). The fraction of sp³-hybridized carbons (Fsp3) is 0.846. The van der Waals surface area contributed by atoms with Gasteiger partial charge in [-0.25, -0.2) is 0 Å². The molecule has 1 amide bonds. The summed E-state index contributed by atoms with van der Waals surface area (Å²) in [6.07, 6.45) is 5.92. The molecule has 0 radical (unpaired) electrons. The zero-order valence-electron chi connectivity index (χ0n) is 11.4. The van der Waals surface area contributed by atoms with E-state index in [-0.39, 0.29) is 17.8 Å². The highest BCUT2D eigenvalue weighted by Gasteiger charge is 2.30. The SMILES string of the molecule is CCCC(C(=O)N1CCCCCC1C)C(N)=NO. The van der Waals surface area contributed by atoms with Crippen molar-refractivity contribution in [3.8, 4) is 0 Å². The van der Waals surface area contributed by atoms with Crippen LogP contribution in [0.1, 0.15) is 52.4 Å². The van der Waals surface area contributed by atoms with Crippen molar-refractivity contribution in [1.29, 1.82) is 0 Å². The minimum Gasteiger partial charge on any atom is -0.409 e. The van der Waals surface area contributed by atoms with E-state index in [1.807, 2.05) is 11.8 Å². The summed E-state index contributed by atoms with van der Waals surface area (Å²) in [5, 5.41) is 11.8. The number of amides is 1. The van der Waals surface area contributed by atoms with Crippen LogP contribution in [0.4, 0.5) is 0 Å². The second-order valence-electron chi connectivity index (χ2n) is 5.10. The van der Waals surface area contributed by atoms with E-state index in [0.717, 1.165) is 25.8 Å². The largest absolute Gasteiger partial charge is 0.409 e. The third-order valence-corrected chi connectivity index (χ3v) is 3.68. The van der Waals surface area contributed by atoms with Crippen molar-refractivity contribution < 1.29 is 10.0 Å². The molecule has 1 saturated heterocycles. The minimum atomic E-state index is -0.472. The van der Waals surface area contributed by atoms with Crippen LogP contribution in [0.25, 0.3) is 0 Å². The summed E-state index contributed by atoms with van der Waals surface area (Å²) < 4.78 is 0. The first-order valence-electron chi connectivity index (χ1n) is 6.89. The minimum absolute atomic E-state index is 0.0153. The lowest BCUT2D eigenvalue weighted by Gasteiger charge is -2.30. The van der Waals surface area contributed by atoms with Gasteiger partial charge in [-0.15, -0.1) is 0 Å². The number of carbonyl (C=O) groups is 1. The van der Waals surface area contributed by atoms with Gasteiger partial charge in [-0.05, 0) is 26.2 Å². The summed E-state index contributed by atoms with van der Waals surface area (Å²) in [5.74, 6) is -0.416. The lowest BCUT2D eigenvalue weighted by Crippen LogP contribution is -2.45. The van der Waals surface area contributed by atoms with Crippen LogP contribution in [0, 0.1) is 5.92 Å². The van der Waals surface area contributed by atoms with Crippen molar-refractivity contribution >= 4 is 11.7 Å². The molecule has 0 aromatic carbocycles. The predicted octanol–water partition coefficient (Wildman–Crippen LogP) is 1.94. The average molecular weight is 255 g/mol. The van der Waals surface area contributed by atoms with Crippen LogP contribution in [0.5, 0.6) is 0 Å². The molecular weight excluding hydrogens is 230 g/mol. The maximum atomic E-state index is 12.5. The zero-order chi connectivity index (χ0) is 13.5. The highest BCUT2D eigenvalue weighted by molar-refractivity contribution is 6.02. The van der Waals surface area contributed by atoms with Crippen LogP contribution in [0.3, 0.4) is 0 Å². The van der Waals surface area contributed by atoms with Gasteiger partial charge < -0.3 is 15.8 Å². The molecule has 0 spiro atoms. The van der Waals surface area contributed by atoms with Crippen molar-refractivity contribution in [3.63, 3.8) is 0 Å². The normalized spacial score (nSPS) is 23.6. The summed E-state index contributed by atoms with van der Waals surface area (Å²) in [7, 11) is 0. The van der Waals surface area contributed by atoms with Gasteiger partial charge in [-0.3, -0.25) is 4.79 Å². The Morgan fingerprint density at radius 1 is 1.50 bits per heavy atom. The van der Waals surface area contributed by atoms with Crippen LogP contribution in [0.2, 0.25) is 0 Å². The van der Waals surface area contributed by atoms with Crippen LogP contribution >= 0.6 is 0 Å².